The molecule has 42 heavy (non-hydrogen) atoms. The number of ketones is 2. The van der Waals surface area contributed by atoms with Crippen LogP contribution in [0.5, 0.6) is 5.75 Å². The number of carbonyl (C=O) groups excluding carboxylic acids is 3. The molecule has 2 aromatic carbocycles. The summed E-state index contributed by atoms with van der Waals surface area (Å²) in [6.07, 6.45) is 0.208. The molecule has 6 N–H and O–H groups in total. The fraction of sp³-hybridized carbons (Fsp3) is 0.387. The highest BCUT2D eigenvalue weighted by atomic mass is 19.1. The van der Waals surface area contributed by atoms with Gasteiger partial charge in [-0.25, -0.2) is 4.39 Å². The molecule has 0 radical (unpaired) electrons. The molecular formula is C31H34FN3O7. The minimum Gasteiger partial charge on any atom is -0.510 e. The van der Waals surface area contributed by atoms with Crippen LogP contribution < -0.4 is 5.73 Å². The van der Waals surface area contributed by atoms with Crippen molar-refractivity contribution in [2.75, 3.05) is 34.4 Å². The van der Waals surface area contributed by atoms with Gasteiger partial charge in [-0.15, -0.1) is 0 Å². The number of nitrogens with two attached hydrogens (primary N) is 1. The summed E-state index contributed by atoms with van der Waals surface area (Å²) in [6, 6.07) is 9.62. The van der Waals surface area contributed by atoms with Gasteiger partial charge in [-0.2, -0.15) is 0 Å². The minimum absolute atomic E-state index is 0.0146. The predicted octanol–water partition coefficient (Wildman–Crippen LogP) is 2.19. The van der Waals surface area contributed by atoms with Crippen molar-refractivity contribution in [2.24, 2.45) is 17.6 Å². The number of rotatable bonds is 7. The van der Waals surface area contributed by atoms with Gasteiger partial charge in [-0.3, -0.25) is 24.2 Å². The molecule has 0 aliphatic heterocycles. The molecule has 0 unspecified atom stereocenters. The Morgan fingerprint density at radius 2 is 1.74 bits per heavy atom. The lowest BCUT2D eigenvalue weighted by molar-refractivity contribution is -0.148. The number of likely N-dealkylation sites (N-methyl/N-ethyl adjacent to an activating group) is 1. The van der Waals surface area contributed by atoms with Crippen LogP contribution in [0, 0.1) is 11.8 Å². The number of phenols is 1. The third-order valence-corrected chi connectivity index (χ3v) is 8.79. The first kappa shape index (κ1) is 29.4. The molecule has 0 heterocycles. The summed E-state index contributed by atoms with van der Waals surface area (Å²) in [6.45, 7) is 0.424. The van der Waals surface area contributed by atoms with Crippen LogP contribution in [-0.4, -0.2) is 93.7 Å². The number of carbonyl (C=O) groups is 3. The van der Waals surface area contributed by atoms with Crippen molar-refractivity contribution in [2.45, 2.75) is 31.0 Å². The Balaban J connectivity index is 1.61. The van der Waals surface area contributed by atoms with Crippen molar-refractivity contribution in [1.29, 1.82) is 0 Å². The number of amides is 1. The number of hydrogen-bond acceptors (Lipinski definition) is 9. The minimum atomic E-state index is -2.68. The maximum absolute atomic E-state index is 13.9. The molecule has 3 aliphatic carbocycles. The summed E-state index contributed by atoms with van der Waals surface area (Å²) in [4.78, 5) is 42.8. The highest BCUT2D eigenvalue weighted by molar-refractivity contribution is 6.24. The van der Waals surface area contributed by atoms with E-state index in [1.807, 2.05) is 36.2 Å². The second kappa shape index (κ2) is 10.6. The fourth-order valence-corrected chi connectivity index (χ4v) is 6.85. The van der Waals surface area contributed by atoms with Crippen LogP contribution >= 0.6 is 0 Å². The highest BCUT2D eigenvalue weighted by Gasteiger charge is 2.63. The molecule has 1 amide bonds. The zero-order valence-electron chi connectivity index (χ0n) is 23.6. The van der Waals surface area contributed by atoms with Gasteiger partial charge in [-0.1, -0.05) is 30.3 Å². The number of alkyl halides is 1. The molecule has 0 bridgehead atoms. The van der Waals surface area contributed by atoms with E-state index in [9.17, 15) is 39.2 Å². The Kier molecular flexibility index (Phi) is 7.46. The lowest BCUT2D eigenvalue weighted by Gasteiger charge is -2.50. The Morgan fingerprint density at radius 3 is 2.33 bits per heavy atom. The van der Waals surface area contributed by atoms with E-state index >= 15 is 0 Å². The van der Waals surface area contributed by atoms with Gasteiger partial charge in [0.05, 0.1) is 11.6 Å². The number of benzene rings is 2. The van der Waals surface area contributed by atoms with E-state index in [-0.39, 0.29) is 29.7 Å². The number of primary amides is 1. The Labute approximate surface area is 242 Å². The molecule has 5 rings (SSSR count). The van der Waals surface area contributed by atoms with Gasteiger partial charge in [0.15, 0.2) is 11.4 Å². The zero-order valence-corrected chi connectivity index (χ0v) is 23.6. The lowest BCUT2D eigenvalue weighted by atomic mass is 9.58. The quantitative estimate of drug-likeness (QED) is 0.309. The average Bonchev–Trinajstić information content (AvgIpc) is 2.91. The van der Waals surface area contributed by atoms with Crippen LogP contribution in [0.2, 0.25) is 0 Å². The topological polar surface area (TPSA) is 165 Å². The highest BCUT2D eigenvalue weighted by Crippen LogP contribution is 2.53. The largest absolute Gasteiger partial charge is 0.510 e. The molecule has 222 valence electrons. The Morgan fingerprint density at radius 1 is 1.07 bits per heavy atom. The van der Waals surface area contributed by atoms with E-state index in [0.29, 0.717) is 24.2 Å². The second-order valence-electron chi connectivity index (χ2n) is 11.6. The van der Waals surface area contributed by atoms with Crippen molar-refractivity contribution in [3.63, 3.8) is 0 Å². The molecule has 4 atom stereocenters. The van der Waals surface area contributed by atoms with Crippen LogP contribution in [0.25, 0.3) is 11.1 Å². The summed E-state index contributed by atoms with van der Waals surface area (Å²) < 4.78 is 12.7. The number of phenolic OH excluding ortho intramolecular Hbond substituents is 1. The van der Waals surface area contributed by atoms with Crippen molar-refractivity contribution in [1.82, 2.24) is 9.80 Å². The number of allylic oxidation sites excluding steroid dienone is 1. The Bertz CT molecular complexity index is 1550. The van der Waals surface area contributed by atoms with Crippen LogP contribution in [0.15, 0.2) is 59.1 Å². The molecule has 10 nitrogen and oxygen atoms in total. The number of nitrogens with zero attached hydrogens (tertiary/aromatic N) is 2. The summed E-state index contributed by atoms with van der Waals surface area (Å²) in [7, 11) is 5.00. The van der Waals surface area contributed by atoms with Crippen LogP contribution in [0.1, 0.15) is 27.9 Å². The zero-order chi connectivity index (χ0) is 30.7. The van der Waals surface area contributed by atoms with Crippen molar-refractivity contribution in [3.8, 4) is 16.9 Å². The van der Waals surface area contributed by atoms with Gasteiger partial charge in [0.2, 0.25) is 5.78 Å². The maximum atomic E-state index is 13.9. The molecule has 2 aromatic rings. The van der Waals surface area contributed by atoms with Gasteiger partial charge in [0.1, 0.15) is 29.5 Å². The number of fused-ring (bicyclic) bond motifs is 3. The summed E-state index contributed by atoms with van der Waals surface area (Å²) in [5.74, 6) is -6.84. The average molecular weight is 580 g/mol. The normalized spacial score (nSPS) is 25.5. The van der Waals surface area contributed by atoms with E-state index in [1.54, 1.807) is 20.2 Å². The number of aliphatic hydroxyl groups excluding tert-OH is 2. The van der Waals surface area contributed by atoms with Crippen LogP contribution in [0.4, 0.5) is 4.39 Å². The third kappa shape index (κ3) is 4.39. The molecule has 0 spiro atoms. The van der Waals surface area contributed by atoms with E-state index in [0.717, 1.165) is 11.1 Å². The smallest absolute Gasteiger partial charge is 0.255 e. The number of aromatic hydroxyl groups is 1. The first-order valence-corrected chi connectivity index (χ1v) is 13.7. The van der Waals surface area contributed by atoms with Crippen LogP contribution in [-0.2, 0) is 22.6 Å². The molecular weight excluding hydrogens is 545 g/mol. The van der Waals surface area contributed by atoms with Crippen molar-refractivity contribution in [3.05, 3.63) is 75.8 Å². The van der Waals surface area contributed by atoms with E-state index < -0.39 is 64.7 Å². The standard InChI is InChI=1S/C31H34FN3O7/c1-34(2)25-20-13-17-12-19-18(16-6-4-15(5-7-16)14-35(3)11-10-32)8-9-21(36)23(19)26(37)22(17)28(39)31(20,42)29(40)24(27(25)38)30(33)41/h4-9,17,20,25,36,38-39,42H,10-14H2,1-3H3,(H2,33,41)/t17-,20-,25+,31-/m0/s1. The molecule has 0 fully saturated rings. The predicted molar refractivity (Wildman–Crippen MR) is 151 cm³/mol. The molecule has 11 heteroatoms. The van der Waals surface area contributed by atoms with Crippen LogP contribution in [0.3, 0.4) is 0 Å². The monoisotopic (exact) mass is 579 g/mol. The summed E-state index contributed by atoms with van der Waals surface area (Å²) in [5.41, 5.74) is 4.62. The second-order valence-corrected chi connectivity index (χ2v) is 11.6. The number of aliphatic hydroxyl groups is 3. The number of Topliss-reactive ketones (excluding diaryl/α,β-unsaturated/α-hetero) is 2. The van der Waals surface area contributed by atoms with E-state index in [1.165, 1.54) is 11.0 Å². The van der Waals surface area contributed by atoms with Gasteiger partial charge in [0.25, 0.3) is 5.91 Å². The van der Waals surface area contributed by atoms with Crippen molar-refractivity contribution >= 4 is 17.5 Å². The molecule has 3 aliphatic rings. The lowest BCUT2D eigenvalue weighted by Crippen LogP contribution is -2.63. The summed E-state index contributed by atoms with van der Waals surface area (Å²) >= 11 is 0. The van der Waals surface area contributed by atoms with E-state index in [4.69, 9.17) is 5.73 Å². The summed E-state index contributed by atoms with van der Waals surface area (Å²) in [5, 5.41) is 44.9. The third-order valence-electron chi connectivity index (χ3n) is 8.79. The SMILES string of the molecule is CN(CCF)Cc1ccc(-c2ccc(O)c3c2C[C@H]2C[C@H]4[C@@H](N(C)C)C(O)=C(C(N)=O)C(=O)[C@@]4(O)C(O)=C2C3=O)cc1. The maximum Gasteiger partial charge on any atom is 0.255 e. The fourth-order valence-electron chi connectivity index (χ4n) is 6.85. The first-order valence-electron chi connectivity index (χ1n) is 13.7. The molecule has 0 aromatic heterocycles. The van der Waals surface area contributed by atoms with Gasteiger partial charge < -0.3 is 26.2 Å². The number of halogens is 1. The molecule has 0 saturated carbocycles. The van der Waals surface area contributed by atoms with Crippen molar-refractivity contribution < 1.29 is 39.2 Å². The number of hydrogen-bond donors (Lipinski definition) is 5. The van der Waals surface area contributed by atoms with E-state index in [2.05, 4.69) is 0 Å². The first-order chi connectivity index (χ1) is 19.8. The molecule has 0 saturated heterocycles. The van der Waals surface area contributed by atoms with Gasteiger partial charge >= 0.3 is 0 Å². The van der Waals surface area contributed by atoms with Gasteiger partial charge in [0, 0.05) is 24.6 Å². The Hall–Kier alpha value is -4.06. The van der Waals surface area contributed by atoms with Gasteiger partial charge in [-0.05, 0) is 68.2 Å².